The highest BCUT2D eigenvalue weighted by atomic mass is 35.7. The van der Waals surface area contributed by atoms with Crippen molar-refractivity contribution in [2.75, 3.05) is 5.73 Å². The molecule has 0 unspecified atom stereocenters. The third kappa shape index (κ3) is 3.98. The zero-order valence-corrected chi connectivity index (χ0v) is 11.4. The molecule has 2 heterocycles. The summed E-state index contributed by atoms with van der Waals surface area (Å²) in [6.07, 6.45) is 0. The van der Waals surface area contributed by atoms with Crippen LogP contribution < -0.4 is 28.9 Å². The van der Waals surface area contributed by atoms with E-state index < -0.39 is 10.2 Å². The lowest BCUT2D eigenvalue weighted by Gasteiger charge is -2.17. The molecule has 0 fully saturated rings. The first-order valence-corrected chi connectivity index (χ1v) is 6.68. The molecule has 0 aliphatic rings. The van der Waals surface area contributed by atoms with Gasteiger partial charge in [-0.05, 0) is 28.3 Å². The Kier molecular flexibility index (Phi) is 4.37. The highest BCUT2D eigenvalue weighted by Gasteiger charge is 2.17. The number of nitrogens with two attached hydrogens (primary N) is 1. The Bertz CT molecular complexity index is 562. The van der Waals surface area contributed by atoms with Gasteiger partial charge in [0.2, 0.25) is 5.13 Å². The standard InChI is InChI=1S/C8H11N4S.ClHO4/c1-4-5(2)10-8-12(6(4)3)11-7(9)13-8;2-1(3,4)5/h1-3H3,(H2,9,11);(H,2,3,4,5)/q+1;/p-1. The van der Waals surface area contributed by atoms with Crippen molar-refractivity contribution in [3.8, 4) is 0 Å². The van der Waals surface area contributed by atoms with Crippen LogP contribution in [0.15, 0.2) is 0 Å². The van der Waals surface area contributed by atoms with Crippen molar-refractivity contribution in [3.05, 3.63) is 17.0 Å². The number of aromatic nitrogens is 3. The second kappa shape index (κ2) is 5.26. The fourth-order valence-corrected chi connectivity index (χ4v) is 1.99. The Morgan fingerprint density at radius 2 is 1.67 bits per heavy atom. The highest BCUT2D eigenvalue weighted by molar-refractivity contribution is 7.19. The first kappa shape index (κ1) is 15.0. The molecule has 100 valence electrons. The van der Waals surface area contributed by atoms with Gasteiger partial charge in [-0.1, -0.05) is 4.52 Å². The van der Waals surface area contributed by atoms with E-state index in [9.17, 15) is 0 Å². The number of nitrogen functional groups attached to an aromatic ring is 1. The zero-order chi connectivity index (χ0) is 14.1. The van der Waals surface area contributed by atoms with Gasteiger partial charge in [-0.15, -0.1) is 10.2 Å². The molecule has 18 heavy (non-hydrogen) atoms. The van der Waals surface area contributed by atoms with Gasteiger partial charge in [0.05, 0.1) is 0 Å². The van der Waals surface area contributed by atoms with Gasteiger partial charge in [-0.3, -0.25) is 0 Å². The molecule has 2 aromatic rings. The lowest BCUT2D eigenvalue weighted by atomic mass is 10.2. The van der Waals surface area contributed by atoms with E-state index >= 15 is 0 Å². The van der Waals surface area contributed by atoms with Crippen molar-refractivity contribution in [1.82, 2.24) is 10.1 Å². The smallest absolute Gasteiger partial charge is 0.372 e. The average Bonchev–Trinajstić information content (AvgIpc) is 2.53. The summed E-state index contributed by atoms with van der Waals surface area (Å²) in [6, 6.07) is 0. The summed E-state index contributed by atoms with van der Waals surface area (Å²) in [4.78, 5) is 5.26. The molecule has 8 nitrogen and oxygen atoms in total. The van der Waals surface area contributed by atoms with E-state index in [1.165, 1.54) is 16.9 Å². The molecule has 0 bridgehead atoms. The van der Waals surface area contributed by atoms with Crippen molar-refractivity contribution >= 4 is 21.4 Å². The maximum Gasteiger partial charge on any atom is 0.411 e. The van der Waals surface area contributed by atoms with Crippen molar-refractivity contribution in [3.63, 3.8) is 0 Å². The molecule has 0 radical (unpaired) electrons. The number of hydrogen-bond acceptors (Lipinski definition) is 8. The first-order valence-electron chi connectivity index (χ1n) is 4.63. The molecule has 0 aromatic carbocycles. The van der Waals surface area contributed by atoms with Gasteiger partial charge >= 0.3 is 4.96 Å². The highest BCUT2D eigenvalue weighted by Crippen LogP contribution is 2.13. The number of rotatable bonds is 0. The van der Waals surface area contributed by atoms with E-state index in [0.29, 0.717) is 5.13 Å². The summed E-state index contributed by atoms with van der Waals surface area (Å²) in [5, 5.41) is 4.72. The van der Waals surface area contributed by atoms with Gasteiger partial charge in [0.25, 0.3) is 0 Å². The Morgan fingerprint density at radius 1 is 1.17 bits per heavy atom. The zero-order valence-electron chi connectivity index (χ0n) is 9.84. The Morgan fingerprint density at radius 3 is 2.17 bits per heavy atom. The van der Waals surface area contributed by atoms with Crippen LogP contribution >= 0.6 is 11.3 Å². The molecule has 2 N–H and O–H groups in total. The summed E-state index contributed by atoms with van der Waals surface area (Å²) in [5.41, 5.74) is 8.93. The largest absolute Gasteiger partial charge is 0.411 e. The number of aryl methyl sites for hydroxylation is 2. The lowest BCUT2D eigenvalue weighted by Crippen LogP contribution is -2.68. The first-order chi connectivity index (χ1) is 8.09. The molecule has 0 aliphatic heterocycles. The van der Waals surface area contributed by atoms with E-state index in [-0.39, 0.29) is 0 Å². The number of fused-ring (bicyclic) bond motifs is 1. The van der Waals surface area contributed by atoms with Crippen molar-refractivity contribution in [2.45, 2.75) is 20.8 Å². The molecule has 0 atom stereocenters. The number of hydrogen-bond donors (Lipinski definition) is 1. The van der Waals surface area contributed by atoms with Gasteiger partial charge in [-0.25, -0.2) is 18.6 Å². The second-order valence-electron chi connectivity index (χ2n) is 3.42. The van der Waals surface area contributed by atoms with Crippen molar-refractivity contribution in [1.29, 1.82) is 0 Å². The molecule has 0 spiro atoms. The topological polar surface area (TPSA) is 148 Å². The quantitative estimate of drug-likeness (QED) is 0.487. The van der Waals surface area contributed by atoms with E-state index in [1.54, 1.807) is 4.52 Å². The third-order valence-corrected chi connectivity index (χ3v) is 2.98. The summed E-state index contributed by atoms with van der Waals surface area (Å²) in [5.74, 6) is 0. The van der Waals surface area contributed by atoms with Crippen LogP contribution in [-0.2, 0) is 0 Å². The van der Waals surface area contributed by atoms with Gasteiger partial charge in [0.1, 0.15) is 5.69 Å². The van der Waals surface area contributed by atoms with Crippen LogP contribution in [0.4, 0.5) is 5.13 Å². The van der Waals surface area contributed by atoms with E-state index in [1.807, 2.05) is 20.8 Å². The van der Waals surface area contributed by atoms with Crippen LogP contribution in [-0.4, -0.2) is 10.1 Å². The summed E-state index contributed by atoms with van der Waals surface area (Å²) in [7, 11) is -4.94. The van der Waals surface area contributed by atoms with E-state index in [4.69, 9.17) is 24.4 Å². The van der Waals surface area contributed by atoms with Crippen LogP contribution in [0.2, 0.25) is 0 Å². The summed E-state index contributed by atoms with van der Waals surface area (Å²) < 4.78 is 35.8. The van der Waals surface area contributed by atoms with Crippen LogP contribution in [0.1, 0.15) is 17.0 Å². The molecule has 2 rings (SSSR count). The van der Waals surface area contributed by atoms with Crippen molar-refractivity contribution in [2.24, 2.45) is 0 Å². The molecule has 10 heteroatoms. The van der Waals surface area contributed by atoms with Gasteiger partial charge < -0.3 is 5.73 Å². The van der Waals surface area contributed by atoms with Gasteiger partial charge in [-0.2, -0.15) is 0 Å². The van der Waals surface area contributed by atoms with Gasteiger partial charge in [0, 0.05) is 19.4 Å². The number of nitrogens with zero attached hydrogens (tertiary/aromatic N) is 3. The van der Waals surface area contributed by atoms with Crippen LogP contribution in [0.3, 0.4) is 0 Å². The lowest BCUT2D eigenvalue weighted by molar-refractivity contribution is -2.00. The molecule has 0 aliphatic carbocycles. The average molecular weight is 295 g/mol. The van der Waals surface area contributed by atoms with Gasteiger partial charge in [0.15, 0.2) is 5.69 Å². The minimum absolute atomic E-state index is 0.556. The third-order valence-electron chi connectivity index (χ3n) is 2.24. The monoisotopic (exact) mass is 294 g/mol. The Hall–Kier alpha value is -1.10. The molecular formula is C8H11ClN4O4S. The Balaban J connectivity index is 0.000000280. The SMILES string of the molecule is Cc1nc2sc(N)n[n+]2c(C)c1C.[O-][Cl+3]([O-])([O-])[O-]. The number of anilines is 1. The fraction of sp³-hybridized carbons (Fsp3) is 0.375. The van der Waals surface area contributed by atoms with Crippen LogP contribution in [0.25, 0.3) is 4.96 Å². The predicted octanol–water partition coefficient (Wildman–Crippen LogP) is -3.97. The predicted molar refractivity (Wildman–Crippen MR) is 51.7 cm³/mol. The molecular weight excluding hydrogens is 284 g/mol. The molecule has 0 saturated carbocycles. The fourth-order valence-electron chi connectivity index (χ4n) is 1.24. The molecule has 2 aromatic heterocycles. The van der Waals surface area contributed by atoms with Crippen molar-refractivity contribution < 1.29 is 33.4 Å². The number of halogens is 1. The maximum absolute atomic E-state index is 8.49. The molecule has 0 saturated heterocycles. The van der Waals surface area contributed by atoms with E-state index in [0.717, 1.165) is 16.3 Å². The van der Waals surface area contributed by atoms with Crippen LogP contribution in [0, 0.1) is 31.0 Å². The Labute approximate surface area is 109 Å². The van der Waals surface area contributed by atoms with E-state index in [2.05, 4.69) is 10.1 Å². The van der Waals surface area contributed by atoms with Crippen LogP contribution in [0.5, 0.6) is 0 Å². The molecule has 0 amide bonds. The maximum atomic E-state index is 8.49. The second-order valence-corrected chi connectivity index (χ2v) is 5.16. The summed E-state index contributed by atoms with van der Waals surface area (Å²) >= 11 is 1.41. The minimum Gasteiger partial charge on any atom is -0.372 e. The normalized spacial score (nSPS) is 11.3. The minimum atomic E-state index is -4.94. The summed E-state index contributed by atoms with van der Waals surface area (Å²) in [6.45, 7) is 6.06.